The second-order valence-corrected chi connectivity index (χ2v) is 4.35. The van der Waals surface area contributed by atoms with Crippen molar-refractivity contribution in [2.45, 2.75) is 32.4 Å². The highest BCUT2D eigenvalue weighted by Gasteiger charge is 2.36. The van der Waals surface area contributed by atoms with Crippen LogP contribution in [0.15, 0.2) is 24.3 Å². The van der Waals surface area contributed by atoms with Crippen LogP contribution < -0.4 is 5.32 Å². The lowest BCUT2D eigenvalue weighted by molar-refractivity contribution is -0.128. The van der Waals surface area contributed by atoms with Gasteiger partial charge in [-0.25, -0.2) is 9.18 Å². The van der Waals surface area contributed by atoms with Crippen molar-refractivity contribution in [2.75, 3.05) is 0 Å². The molecule has 1 aromatic carbocycles. The highest BCUT2D eigenvalue weighted by Crippen LogP contribution is 2.15. The van der Waals surface area contributed by atoms with E-state index in [9.17, 15) is 14.0 Å². The van der Waals surface area contributed by atoms with Crippen molar-refractivity contribution in [3.8, 4) is 0 Å². The summed E-state index contributed by atoms with van der Waals surface area (Å²) in [6.07, 6.45) is 1.45. The first kappa shape index (κ1) is 12.5. The monoisotopic (exact) mass is 250 g/mol. The smallest absolute Gasteiger partial charge is 0.325 e. The van der Waals surface area contributed by atoms with Crippen molar-refractivity contribution in [1.82, 2.24) is 10.2 Å². The molecule has 0 bridgehead atoms. The molecule has 1 aromatic rings. The Balaban J connectivity index is 2.10. The Morgan fingerprint density at radius 3 is 2.83 bits per heavy atom. The van der Waals surface area contributed by atoms with E-state index in [1.165, 1.54) is 12.1 Å². The minimum Gasteiger partial charge on any atom is -0.326 e. The number of halogens is 1. The van der Waals surface area contributed by atoms with Gasteiger partial charge in [0, 0.05) is 0 Å². The van der Waals surface area contributed by atoms with Crippen molar-refractivity contribution in [3.05, 3.63) is 35.6 Å². The fraction of sp³-hybridized carbons (Fsp3) is 0.385. The van der Waals surface area contributed by atoms with Crippen LogP contribution in [0.1, 0.15) is 25.3 Å². The van der Waals surface area contributed by atoms with Crippen molar-refractivity contribution in [2.24, 2.45) is 0 Å². The molecule has 0 aromatic heterocycles. The molecule has 0 spiro atoms. The molecule has 4 nitrogen and oxygen atoms in total. The van der Waals surface area contributed by atoms with E-state index in [-0.39, 0.29) is 18.3 Å². The van der Waals surface area contributed by atoms with Gasteiger partial charge in [-0.2, -0.15) is 0 Å². The van der Waals surface area contributed by atoms with Crippen molar-refractivity contribution in [1.29, 1.82) is 0 Å². The summed E-state index contributed by atoms with van der Waals surface area (Å²) in [7, 11) is 0. The van der Waals surface area contributed by atoms with Gasteiger partial charge in [0.25, 0.3) is 5.91 Å². The lowest BCUT2D eigenvalue weighted by atomic mass is 10.1. The summed E-state index contributed by atoms with van der Waals surface area (Å²) < 4.78 is 13.0. The number of hydrogen-bond acceptors (Lipinski definition) is 2. The zero-order chi connectivity index (χ0) is 13.1. The Kier molecular flexibility index (Phi) is 3.60. The average molecular weight is 250 g/mol. The van der Waals surface area contributed by atoms with E-state index in [0.717, 1.165) is 11.3 Å². The predicted molar refractivity (Wildman–Crippen MR) is 64.2 cm³/mol. The zero-order valence-electron chi connectivity index (χ0n) is 10.1. The predicted octanol–water partition coefficient (Wildman–Crippen LogP) is 2.05. The highest BCUT2D eigenvalue weighted by molar-refractivity contribution is 6.04. The molecule has 0 saturated carbocycles. The van der Waals surface area contributed by atoms with E-state index < -0.39 is 12.1 Å². The van der Waals surface area contributed by atoms with Gasteiger partial charge in [0.2, 0.25) is 0 Å². The normalized spacial score (nSPS) is 19.2. The lowest BCUT2D eigenvalue weighted by Gasteiger charge is -2.12. The number of carbonyl (C=O) groups is 2. The Bertz CT molecular complexity index is 476. The van der Waals surface area contributed by atoms with Gasteiger partial charge in [-0.3, -0.25) is 9.69 Å². The number of benzene rings is 1. The van der Waals surface area contributed by atoms with Gasteiger partial charge in [-0.1, -0.05) is 25.5 Å². The molecule has 0 unspecified atom stereocenters. The Hall–Kier alpha value is -1.91. The summed E-state index contributed by atoms with van der Waals surface area (Å²) in [6.45, 7) is 2.07. The number of nitrogens with one attached hydrogen (secondary N) is 1. The summed E-state index contributed by atoms with van der Waals surface area (Å²) in [5.74, 6) is -0.601. The van der Waals surface area contributed by atoms with Crippen LogP contribution in [0.3, 0.4) is 0 Å². The third-order valence-electron chi connectivity index (χ3n) is 2.91. The fourth-order valence-electron chi connectivity index (χ4n) is 2.03. The van der Waals surface area contributed by atoms with Gasteiger partial charge in [0.1, 0.15) is 11.9 Å². The zero-order valence-corrected chi connectivity index (χ0v) is 10.1. The van der Waals surface area contributed by atoms with Crippen LogP contribution in [0.25, 0.3) is 0 Å². The van der Waals surface area contributed by atoms with E-state index in [2.05, 4.69) is 5.32 Å². The Labute approximate surface area is 105 Å². The van der Waals surface area contributed by atoms with E-state index in [4.69, 9.17) is 0 Å². The topological polar surface area (TPSA) is 49.4 Å². The molecule has 96 valence electrons. The number of imide groups is 1. The first-order valence-corrected chi connectivity index (χ1v) is 5.98. The molecule has 0 aliphatic carbocycles. The van der Waals surface area contributed by atoms with Gasteiger partial charge in [0.15, 0.2) is 0 Å². The molecule has 18 heavy (non-hydrogen) atoms. The third kappa shape index (κ3) is 2.50. The maximum Gasteiger partial charge on any atom is 0.325 e. The summed E-state index contributed by atoms with van der Waals surface area (Å²) >= 11 is 0. The van der Waals surface area contributed by atoms with E-state index in [0.29, 0.717) is 12.0 Å². The molecular formula is C13H15FN2O2. The molecule has 1 fully saturated rings. The molecule has 2 rings (SSSR count). The molecule has 1 heterocycles. The molecular weight excluding hydrogens is 235 g/mol. The Morgan fingerprint density at radius 1 is 1.39 bits per heavy atom. The maximum absolute atomic E-state index is 13.0. The maximum atomic E-state index is 13.0. The molecule has 1 atom stereocenters. The van der Waals surface area contributed by atoms with Crippen LogP contribution in [0, 0.1) is 5.82 Å². The van der Waals surface area contributed by atoms with E-state index >= 15 is 0 Å². The molecule has 3 amide bonds. The van der Waals surface area contributed by atoms with Crippen molar-refractivity contribution < 1.29 is 14.0 Å². The molecule has 0 radical (unpaired) electrons. The second kappa shape index (κ2) is 5.16. The van der Waals surface area contributed by atoms with E-state index in [1.54, 1.807) is 12.1 Å². The first-order chi connectivity index (χ1) is 8.61. The Morgan fingerprint density at radius 2 is 2.17 bits per heavy atom. The number of hydrogen-bond donors (Lipinski definition) is 1. The van der Waals surface area contributed by atoms with Crippen LogP contribution >= 0.6 is 0 Å². The lowest BCUT2D eigenvalue weighted by Crippen LogP contribution is -2.30. The quantitative estimate of drug-likeness (QED) is 0.831. The minimum atomic E-state index is -0.434. The minimum absolute atomic E-state index is 0.114. The van der Waals surface area contributed by atoms with Gasteiger partial charge in [0.05, 0.1) is 6.54 Å². The van der Waals surface area contributed by atoms with E-state index in [1.807, 2.05) is 6.92 Å². The number of amides is 3. The standard InChI is InChI=1S/C13H15FN2O2/c1-2-4-11-12(17)16(13(18)15-11)8-9-5-3-6-10(14)7-9/h3,5-7,11H,2,4,8H2,1H3,(H,15,18)/t11-/m0/s1. The molecule has 1 aliphatic rings. The summed E-state index contributed by atoms with van der Waals surface area (Å²) in [5.41, 5.74) is 0.607. The third-order valence-corrected chi connectivity index (χ3v) is 2.91. The number of rotatable bonds is 4. The van der Waals surface area contributed by atoms with Gasteiger partial charge in [-0.15, -0.1) is 0 Å². The molecule has 5 heteroatoms. The number of nitrogens with zero attached hydrogens (tertiary/aromatic N) is 1. The van der Waals surface area contributed by atoms with Crippen molar-refractivity contribution in [3.63, 3.8) is 0 Å². The summed E-state index contributed by atoms with van der Waals surface area (Å²) in [6, 6.07) is 5.07. The first-order valence-electron chi connectivity index (χ1n) is 5.98. The molecule has 1 aliphatic heterocycles. The molecule has 1 N–H and O–H groups in total. The second-order valence-electron chi connectivity index (χ2n) is 4.35. The van der Waals surface area contributed by atoms with Gasteiger partial charge in [-0.05, 0) is 24.1 Å². The van der Waals surface area contributed by atoms with Crippen LogP contribution in [-0.4, -0.2) is 22.9 Å². The van der Waals surface area contributed by atoms with Crippen LogP contribution in [0.4, 0.5) is 9.18 Å². The average Bonchev–Trinajstić information content (AvgIpc) is 2.58. The van der Waals surface area contributed by atoms with Gasteiger partial charge >= 0.3 is 6.03 Å². The van der Waals surface area contributed by atoms with Crippen LogP contribution in [0.2, 0.25) is 0 Å². The SMILES string of the molecule is CCC[C@@H]1NC(=O)N(Cc2cccc(F)c2)C1=O. The van der Waals surface area contributed by atoms with Crippen LogP contribution in [-0.2, 0) is 11.3 Å². The highest BCUT2D eigenvalue weighted by atomic mass is 19.1. The fourth-order valence-corrected chi connectivity index (χ4v) is 2.03. The van der Waals surface area contributed by atoms with Crippen LogP contribution in [0.5, 0.6) is 0 Å². The van der Waals surface area contributed by atoms with Gasteiger partial charge < -0.3 is 5.32 Å². The largest absolute Gasteiger partial charge is 0.326 e. The molecule has 1 saturated heterocycles. The van der Waals surface area contributed by atoms with Crippen molar-refractivity contribution >= 4 is 11.9 Å². The number of carbonyl (C=O) groups excluding carboxylic acids is 2. The number of urea groups is 1. The summed E-state index contributed by atoms with van der Waals surface area (Å²) in [4.78, 5) is 24.7. The summed E-state index contributed by atoms with van der Waals surface area (Å²) in [5, 5.41) is 2.63.